The molecule has 1 spiro atoms. The van der Waals surface area contributed by atoms with E-state index in [1.807, 2.05) is 6.07 Å². The van der Waals surface area contributed by atoms with Gasteiger partial charge in [-0.1, -0.05) is 29.9 Å². The summed E-state index contributed by atoms with van der Waals surface area (Å²) in [6.07, 6.45) is 1.83. The molecule has 1 saturated heterocycles. The molecule has 3 aliphatic rings. The van der Waals surface area contributed by atoms with E-state index >= 15 is 0 Å². The highest BCUT2D eigenvalue weighted by Gasteiger charge is 2.77. The van der Waals surface area contributed by atoms with E-state index in [2.05, 4.69) is 16.6 Å². The molecule has 10 nitrogen and oxygen atoms in total. The molecule has 1 aliphatic carbocycles. The first-order chi connectivity index (χ1) is 15.3. The second-order valence-electron chi connectivity index (χ2n) is 8.32. The number of azide groups is 1. The monoisotopic (exact) mass is 440 g/mol. The minimum absolute atomic E-state index is 0.0676. The maximum absolute atomic E-state index is 13.3. The number of carbonyl (C=O) groups excluding carboxylic acids is 3. The van der Waals surface area contributed by atoms with E-state index in [0.29, 0.717) is 17.7 Å². The van der Waals surface area contributed by atoms with Gasteiger partial charge in [-0.15, -0.1) is 0 Å². The quantitative estimate of drug-likeness (QED) is 0.171. The highest BCUT2D eigenvalue weighted by molar-refractivity contribution is 5.98. The van der Waals surface area contributed by atoms with Crippen molar-refractivity contribution >= 4 is 23.7 Å². The lowest BCUT2D eigenvalue weighted by Crippen LogP contribution is -2.65. The van der Waals surface area contributed by atoms with Gasteiger partial charge in [-0.25, -0.2) is 4.79 Å². The zero-order valence-corrected chi connectivity index (χ0v) is 17.9. The van der Waals surface area contributed by atoms with E-state index in [4.69, 9.17) is 19.7 Å². The van der Waals surface area contributed by atoms with E-state index < -0.39 is 40.7 Å². The fourth-order valence-electron chi connectivity index (χ4n) is 5.86. The van der Waals surface area contributed by atoms with Crippen molar-refractivity contribution in [1.82, 2.24) is 0 Å². The first kappa shape index (κ1) is 21.7. The fourth-order valence-corrected chi connectivity index (χ4v) is 5.86. The first-order valence-corrected chi connectivity index (χ1v) is 10.4. The SMILES string of the molecule is C=CC1(OC(C)=O)CC[C@@]23[C@@H](C1)C(=O)O[C@]2(CCN=[N+]=[N-])c1ccccc1N3C(=O)OC. The predicted octanol–water partition coefficient (Wildman–Crippen LogP) is 3.75. The number of carbonyl (C=O) groups is 3. The molecule has 2 aliphatic heterocycles. The molecular weight excluding hydrogens is 416 g/mol. The summed E-state index contributed by atoms with van der Waals surface area (Å²) >= 11 is 0. The Balaban J connectivity index is 1.93. The number of nitrogens with zero attached hydrogens (tertiary/aromatic N) is 4. The smallest absolute Gasteiger partial charge is 0.414 e. The normalized spacial score (nSPS) is 32.0. The van der Waals surface area contributed by atoms with Crippen LogP contribution >= 0.6 is 0 Å². The number of amides is 1. The van der Waals surface area contributed by atoms with Crippen LogP contribution in [0.15, 0.2) is 42.0 Å². The molecule has 32 heavy (non-hydrogen) atoms. The van der Waals surface area contributed by atoms with Crippen molar-refractivity contribution in [2.45, 2.75) is 49.3 Å². The summed E-state index contributed by atoms with van der Waals surface area (Å²) in [5, 5.41) is 3.67. The average Bonchev–Trinajstić information content (AvgIpc) is 3.15. The summed E-state index contributed by atoms with van der Waals surface area (Å²) in [5.41, 5.74) is 6.66. The third kappa shape index (κ3) is 2.72. The van der Waals surface area contributed by atoms with Gasteiger partial charge in [0.2, 0.25) is 0 Å². The topological polar surface area (TPSA) is 131 Å². The van der Waals surface area contributed by atoms with Crippen LogP contribution in [0.25, 0.3) is 10.4 Å². The molecule has 0 N–H and O–H groups in total. The van der Waals surface area contributed by atoms with E-state index in [1.165, 1.54) is 18.9 Å². The van der Waals surface area contributed by atoms with Gasteiger partial charge in [0.15, 0.2) is 5.60 Å². The van der Waals surface area contributed by atoms with Gasteiger partial charge in [0.05, 0.1) is 18.7 Å². The number of hydrogen-bond acceptors (Lipinski definition) is 7. The number of rotatable bonds is 5. The Kier molecular flexibility index (Phi) is 5.13. The zero-order valence-electron chi connectivity index (χ0n) is 17.9. The molecule has 10 heteroatoms. The summed E-state index contributed by atoms with van der Waals surface area (Å²) < 4.78 is 16.8. The molecule has 2 heterocycles. The standard InChI is InChI=1S/C22H24N4O6/c1-4-20(31-14(2)27)9-10-21-16(13-20)18(28)32-22(21,11-12-24-25-23)15-7-5-6-8-17(15)26(21)19(29)30-3/h4-8,16H,1,9-13H2,2-3H3/t16-,20?,21+,22+/m0/s1. The maximum atomic E-state index is 13.3. The molecule has 1 amide bonds. The molecule has 0 radical (unpaired) electrons. The van der Waals surface area contributed by atoms with Crippen LogP contribution in [0, 0.1) is 5.92 Å². The Labute approximate surface area is 184 Å². The van der Waals surface area contributed by atoms with Crippen molar-refractivity contribution in [1.29, 1.82) is 0 Å². The van der Waals surface area contributed by atoms with E-state index in [0.717, 1.165) is 0 Å². The Morgan fingerprint density at radius 3 is 2.81 bits per heavy atom. The molecule has 4 atom stereocenters. The number of ether oxygens (including phenoxy) is 3. The number of esters is 2. The van der Waals surface area contributed by atoms with Crippen molar-refractivity contribution < 1.29 is 28.6 Å². The van der Waals surface area contributed by atoms with E-state index in [-0.39, 0.29) is 25.8 Å². The van der Waals surface area contributed by atoms with Crippen LogP contribution in [0.2, 0.25) is 0 Å². The van der Waals surface area contributed by atoms with Gasteiger partial charge in [0.25, 0.3) is 0 Å². The molecule has 0 aromatic heterocycles. The number of fused-ring (bicyclic) bond motifs is 2. The summed E-state index contributed by atoms with van der Waals surface area (Å²) in [5.74, 6) is -1.81. The molecule has 1 saturated carbocycles. The van der Waals surface area contributed by atoms with Crippen molar-refractivity contribution in [2.75, 3.05) is 18.6 Å². The molecular formula is C22H24N4O6. The number of methoxy groups -OCH3 is 1. The second-order valence-corrected chi connectivity index (χ2v) is 8.32. The average molecular weight is 440 g/mol. The van der Waals surface area contributed by atoms with Crippen molar-refractivity contribution in [2.24, 2.45) is 11.0 Å². The van der Waals surface area contributed by atoms with Gasteiger partial charge >= 0.3 is 18.0 Å². The zero-order chi connectivity index (χ0) is 23.1. The Hall–Kier alpha value is -3.52. The van der Waals surface area contributed by atoms with Crippen LogP contribution in [0.1, 0.15) is 38.2 Å². The number of hydrogen-bond donors (Lipinski definition) is 0. The Morgan fingerprint density at radius 2 is 2.16 bits per heavy atom. The first-order valence-electron chi connectivity index (χ1n) is 10.4. The fraction of sp³-hybridized carbons (Fsp3) is 0.500. The summed E-state index contributed by atoms with van der Waals surface area (Å²) in [7, 11) is 1.28. The molecule has 2 fully saturated rings. The lowest BCUT2D eigenvalue weighted by molar-refractivity contribution is -0.160. The molecule has 0 bridgehead atoms. The molecule has 1 unspecified atom stereocenters. The van der Waals surface area contributed by atoms with Crippen LogP contribution in [0.4, 0.5) is 10.5 Å². The molecule has 168 valence electrons. The van der Waals surface area contributed by atoms with Crippen LogP contribution in [0.5, 0.6) is 0 Å². The third-order valence-corrected chi connectivity index (χ3v) is 7.00. The number of anilines is 1. The van der Waals surface area contributed by atoms with Gasteiger partial charge in [0, 0.05) is 30.4 Å². The van der Waals surface area contributed by atoms with Crippen LogP contribution in [-0.4, -0.2) is 42.8 Å². The van der Waals surface area contributed by atoms with Gasteiger partial charge in [0.1, 0.15) is 11.1 Å². The molecule has 4 rings (SSSR count). The van der Waals surface area contributed by atoms with Crippen LogP contribution in [-0.2, 0) is 29.4 Å². The third-order valence-electron chi connectivity index (χ3n) is 7.00. The van der Waals surface area contributed by atoms with E-state index in [9.17, 15) is 14.4 Å². The van der Waals surface area contributed by atoms with Gasteiger partial charge in [-0.3, -0.25) is 14.5 Å². The maximum Gasteiger partial charge on any atom is 0.414 e. The highest BCUT2D eigenvalue weighted by atomic mass is 16.6. The van der Waals surface area contributed by atoms with E-state index in [1.54, 1.807) is 24.3 Å². The number of benzene rings is 1. The van der Waals surface area contributed by atoms with Crippen LogP contribution < -0.4 is 4.90 Å². The summed E-state index contributed by atoms with van der Waals surface area (Å²) in [6.45, 7) is 5.20. The molecule has 1 aromatic rings. The van der Waals surface area contributed by atoms with Crippen molar-refractivity contribution in [3.63, 3.8) is 0 Å². The van der Waals surface area contributed by atoms with Crippen LogP contribution in [0.3, 0.4) is 0 Å². The number of para-hydroxylation sites is 1. The summed E-state index contributed by atoms with van der Waals surface area (Å²) in [6, 6.07) is 7.19. The minimum Gasteiger partial charge on any atom is -0.455 e. The Morgan fingerprint density at radius 1 is 1.41 bits per heavy atom. The second kappa shape index (κ2) is 7.56. The minimum atomic E-state index is -1.22. The van der Waals surface area contributed by atoms with Crippen molar-refractivity contribution in [3.05, 3.63) is 52.9 Å². The highest BCUT2D eigenvalue weighted by Crippen LogP contribution is 2.66. The molecule has 1 aromatic carbocycles. The lowest BCUT2D eigenvalue weighted by Gasteiger charge is -2.51. The largest absolute Gasteiger partial charge is 0.455 e. The lowest BCUT2D eigenvalue weighted by atomic mass is 9.60. The van der Waals surface area contributed by atoms with Crippen molar-refractivity contribution in [3.8, 4) is 0 Å². The van der Waals surface area contributed by atoms with Gasteiger partial charge in [-0.05, 0) is 36.9 Å². The summed E-state index contributed by atoms with van der Waals surface area (Å²) in [4.78, 5) is 42.6. The predicted molar refractivity (Wildman–Crippen MR) is 112 cm³/mol. The van der Waals surface area contributed by atoms with Gasteiger partial charge < -0.3 is 14.2 Å². The Bertz CT molecular complexity index is 1050. The van der Waals surface area contributed by atoms with Gasteiger partial charge in [-0.2, -0.15) is 0 Å².